The highest BCUT2D eigenvalue weighted by Gasteiger charge is 2.34. The molecular formula is C25H35N5O4S. The molecule has 1 atom stereocenters. The first-order valence-electron chi connectivity index (χ1n) is 12.7. The van der Waals surface area contributed by atoms with E-state index in [1.807, 2.05) is 0 Å². The van der Waals surface area contributed by atoms with E-state index in [9.17, 15) is 13.2 Å². The normalized spacial score (nSPS) is 23.8. The maximum atomic E-state index is 13.1. The van der Waals surface area contributed by atoms with Crippen LogP contribution in [-0.4, -0.2) is 63.4 Å². The fourth-order valence-electron chi connectivity index (χ4n) is 5.91. The quantitative estimate of drug-likeness (QED) is 0.601. The number of anilines is 1. The number of hydrogen-bond acceptors (Lipinski definition) is 7. The molecule has 0 radical (unpaired) electrons. The molecule has 190 valence electrons. The van der Waals surface area contributed by atoms with Gasteiger partial charge in [0, 0.05) is 12.4 Å². The fourth-order valence-corrected chi connectivity index (χ4v) is 6.76. The number of hydrogen-bond donors (Lipinski definition) is 2. The van der Waals surface area contributed by atoms with Gasteiger partial charge in [0.15, 0.2) is 0 Å². The third-order valence-corrected chi connectivity index (χ3v) is 9.19. The molecule has 0 saturated carbocycles. The topological polar surface area (TPSA) is 103 Å². The molecule has 2 aliphatic carbocycles. The number of carbonyl (C=O) groups excluding carboxylic acids is 1. The lowest BCUT2D eigenvalue weighted by atomic mass is 9.99. The van der Waals surface area contributed by atoms with Crippen molar-refractivity contribution in [3.05, 3.63) is 39.1 Å². The van der Waals surface area contributed by atoms with Crippen LogP contribution in [0.15, 0.2) is 22.0 Å². The number of piperidine rings is 1. The summed E-state index contributed by atoms with van der Waals surface area (Å²) in [5, 5.41) is 8.39. The largest absolute Gasteiger partial charge is 0.475 e. The molecule has 1 unspecified atom stereocenters. The Morgan fingerprint density at radius 2 is 1.71 bits per heavy atom. The van der Waals surface area contributed by atoms with E-state index in [0.29, 0.717) is 13.2 Å². The van der Waals surface area contributed by atoms with Gasteiger partial charge < -0.3 is 10.1 Å². The van der Waals surface area contributed by atoms with Gasteiger partial charge in [-0.1, -0.05) is 12.5 Å². The standard InChI is InChI=1S/C25H35N5O4S/c1-17(24-30(26-2)15-20(16-34-24)29-12-4-3-5-13-29)35(32,33)28-25(31)27-23-21-10-6-8-18(21)14-19-9-7-11-22(19)23/h14,20H,2-13,15-16H2,1H3,(H2,27,28,31)/b24-17-. The van der Waals surface area contributed by atoms with Gasteiger partial charge in [0.1, 0.15) is 11.5 Å². The highest BCUT2D eigenvalue weighted by atomic mass is 32.2. The van der Waals surface area contributed by atoms with Crippen LogP contribution >= 0.6 is 0 Å². The molecule has 2 fully saturated rings. The lowest BCUT2D eigenvalue weighted by Gasteiger charge is -2.40. The highest BCUT2D eigenvalue weighted by Crippen LogP contribution is 2.38. The van der Waals surface area contributed by atoms with Gasteiger partial charge in [-0.15, -0.1) is 0 Å². The summed E-state index contributed by atoms with van der Waals surface area (Å²) in [5.74, 6) is 0.120. The number of allylic oxidation sites excluding steroid dienone is 1. The number of ether oxygens (including phenoxy) is 1. The van der Waals surface area contributed by atoms with Gasteiger partial charge in [-0.2, -0.15) is 5.10 Å². The van der Waals surface area contributed by atoms with Gasteiger partial charge in [0.25, 0.3) is 10.0 Å². The van der Waals surface area contributed by atoms with Crippen molar-refractivity contribution in [2.45, 2.75) is 70.8 Å². The Hall–Kier alpha value is -2.59. The third kappa shape index (κ3) is 4.78. The van der Waals surface area contributed by atoms with Crippen LogP contribution in [0.4, 0.5) is 10.5 Å². The van der Waals surface area contributed by atoms with Crippen molar-refractivity contribution in [1.29, 1.82) is 0 Å². The molecule has 2 aliphatic heterocycles. The van der Waals surface area contributed by atoms with Gasteiger partial charge in [-0.25, -0.2) is 22.9 Å². The Kier molecular flexibility index (Phi) is 6.76. The molecule has 35 heavy (non-hydrogen) atoms. The van der Waals surface area contributed by atoms with E-state index in [1.165, 1.54) is 29.5 Å². The molecule has 0 spiro atoms. The molecule has 1 aromatic rings. The number of nitrogens with zero attached hydrogens (tertiary/aromatic N) is 3. The number of rotatable bonds is 5. The number of likely N-dealkylation sites (tertiary alicyclic amines) is 1. The molecule has 2 heterocycles. The van der Waals surface area contributed by atoms with Gasteiger partial charge >= 0.3 is 6.03 Å². The molecular weight excluding hydrogens is 466 g/mol. The summed E-state index contributed by atoms with van der Waals surface area (Å²) >= 11 is 0. The number of hydrazone groups is 1. The van der Waals surface area contributed by atoms with Crippen LogP contribution in [0.25, 0.3) is 0 Å². The molecule has 5 rings (SSSR count). The SMILES string of the molecule is C=NN1CC(N2CCCCC2)CO/C1=C(/C)S(=O)(=O)NC(=O)Nc1c2c(cc3c1CCC3)CCC2. The van der Waals surface area contributed by atoms with Gasteiger partial charge in [0.05, 0.1) is 12.6 Å². The Balaban J connectivity index is 1.31. The van der Waals surface area contributed by atoms with Crippen LogP contribution in [0, 0.1) is 0 Å². The predicted octanol–water partition coefficient (Wildman–Crippen LogP) is 3.11. The monoisotopic (exact) mass is 501 g/mol. The number of amides is 2. The van der Waals surface area contributed by atoms with Crippen molar-refractivity contribution in [3.63, 3.8) is 0 Å². The summed E-state index contributed by atoms with van der Waals surface area (Å²) in [6.45, 7) is 7.93. The number of aryl methyl sites for hydroxylation is 2. The highest BCUT2D eigenvalue weighted by molar-refractivity contribution is 7.93. The fraction of sp³-hybridized carbons (Fsp3) is 0.600. The molecule has 10 heteroatoms. The van der Waals surface area contributed by atoms with E-state index in [4.69, 9.17) is 4.74 Å². The first-order valence-corrected chi connectivity index (χ1v) is 14.2. The van der Waals surface area contributed by atoms with Crippen LogP contribution in [0.2, 0.25) is 0 Å². The first kappa shape index (κ1) is 24.1. The van der Waals surface area contributed by atoms with Crippen molar-refractivity contribution in [1.82, 2.24) is 14.6 Å². The molecule has 0 aromatic heterocycles. The third-order valence-electron chi connectivity index (χ3n) is 7.75. The van der Waals surface area contributed by atoms with E-state index in [2.05, 4.69) is 32.8 Å². The summed E-state index contributed by atoms with van der Waals surface area (Å²) in [6.07, 6.45) is 9.46. The van der Waals surface area contributed by atoms with Crippen LogP contribution in [-0.2, 0) is 40.4 Å². The average molecular weight is 502 g/mol. The number of sulfonamides is 1. The molecule has 2 saturated heterocycles. The van der Waals surface area contributed by atoms with E-state index in [-0.39, 0.29) is 16.8 Å². The Bertz CT molecular complexity index is 1120. The molecule has 1 aromatic carbocycles. The number of carbonyl (C=O) groups is 1. The number of nitrogens with one attached hydrogen (secondary N) is 2. The van der Waals surface area contributed by atoms with E-state index in [1.54, 1.807) is 0 Å². The number of benzene rings is 1. The summed E-state index contributed by atoms with van der Waals surface area (Å²) in [4.78, 5) is 15.2. The van der Waals surface area contributed by atoms with Crippen molar-refractivity contribution >= 4 is 28.5 Å². The van der Waals surface area contributed by atoms with Crippen molar-refractivity contribution in [2.75, 3.05) is 31.6 Å². The van der Waals surface area contributed by atoms with Crippen LogP contribution in [0.5, 0.6) is 0 Å². The predicted molar refractivity (Wildman–Crippen MR) is 136 cm³/mol. The first-order chi connectivity index (χ1) is 16.9. The zero-order valence-corrected chi connectivity index (χ0v) is 21.3. The molecule has 2 N–H and O–H groups in total. The summed E-state index contributed by atoms with van der Waals surface area (Å²) in [6, 6.07) is 1.64. The van der Waals surface area contributed by atoms with Crippen molar-refractivity contribution in [2.24, 2.45) is 5.10 Å². The van der Waals surface area contributed by atoms with Crippen LogP contribution in [0.3, 0.4) is 0 Å². The minimum Gasteiger partial charge on any atom is -0.475 e. The molecule has 4 aliphatic rings. The van der Waals surface area contributed by atoms with Crippen molar-refractivity contribution in [3.8, 4) is 0 Å². The summed E-state index contributed by atoms with van der Waals surface area (Å²) < 4.78 is 34.4. The average Bonchev–Trinajstić information content (AvgIpc) is 3.53. The lowest BCUT2D eigenvalue weighted by Crippen LogP contribution is -2.51. The number of fused-ring (bicyclic) bond motifs is 2. The zero-order chi connectivity index (χ0) is 24.6. The second-order valence-corrected chi connectivity index (χ2v) is 11.8. The maximum Gasteiger partial charge on any atom is 0.333 e. The lowest BCUT2D eigenvalue weighted by molar-refractivity contribution is -0.0118. The van der Waals surface area contributed by atoms with E-state index >= 15 is 0 Å². The molecule has 0 bridgehead atoms. The summed E-state index contributed by atoms with van der Waals surface area (Å²) in [7, 11) is -4.14. The number of urea groups is 1. The van der Waals surface area contributed by atoms with Crippen LogP contribution < -0.4 is 10.0 Å². The second-order valence-electron chi connectivity index (χ2n) is 9.94. The van der Waals surface area contributed by atoms with Gasteiger partial charge in [-0.05, 0) is 93.6 Å². The zero-order valence-electron chi connectivity index (χ0n) is 20.4. The smallest absolute Gasteiger partial charge is 0.333 e. The molecule has 9 nitrogen and oxygen atoms in total. The minimum atomic E-state index is -4.14. The maximum absolute atomic E-state index is 13.1. The Morgan fingerprint density at radius 1 is 1.06 bits per heavy atom. The summed E-state index contributed by atoms with van der Waals surface area (Å²) in [5.41, 5.74) is 5.64. The second kappa shape index (κ2) is 9.81. The Labute approximate surface area is 207 Å². The van der Waals surface area contributed by atoms with Crippen LogP contribution in [0.1, 0.15) is 61.3 Å². The van der Waals surface area contributed by atoms with Gasteiger partial charge in [0.2, 0.25) is 5.88 Å². The minimum absolute atomic E-state index is 0.0827. The Morgan fingerprint density at radius 3 is 2.34 bits per heavy atom. The van der Waals surface area contributed by atoms with E-state index in [0.717, 1.165) is 81.3 Å². The molecule has 2 amide bonds. The van der Waals surface area contributed by atoms with Gasteiger partial charge in [-0.3, -0.25) is 4.90 Å². The van der Waals surface area contributed by atoms with E-state index < -0.39 is 16.1 Å². The van der Waals surface area contributed by atoms with Crippen molar-refractivity contribution < 1.29 is 17.9 Å².